The molecule has 0 aromatic carbocycles. The third-order valence-corrected chi connectivity index (χ3v) is 2.55. The van der Waals surface area contributed by atoms with Gasteiger partial charge in [-0.3, -0.25) is 4.68 Å². The van der Waals surface area contributed by atoms with Crippen LogP contribution in [0.1, 0.15) is 19.2 Å². The SMILES string of the molecule is COC1=C(c2ncn(C)n2)C=CCC1C. The Morgan fingerprint density at radius 1 is 1.53 bits per heavy atom. The summed E-state index contributed by atoms with van der Waals surface area (Å²) in [6, 6.07) is 0. The maximum absolute atomic E-state index is 5.42. The molecule has 0 aliphatic heterocycles. The number of hydrogen-bond acceptors (Lipinski definition) is 3. The van der Waals surface area contributed by atoms with E-state index in [1.807, 2.05) is 13.1 Å². The van der Waals surface area contributed by atoms with Gasteiger partial charge < -0.3 is 4.74 Å². The molecule has 1 aliphatic carbocycles. The van der Waals surface area contributed by atoms with Gasteiger partial charge in [0.1, 0.15) is 12.1 Å². The molecule has 80 valence electrons. The molecule has 1 heterocycles. The van der Waals surface area contributed by atoms with E-state index in [9.17, 15) is 0 Å². The Kier molecular flexibility index (Phi) is 2.58. The molecular weight excluding hydrogens is 190 g/mol. The molecule has 0 fully saturated rings. The van der Waals surface area contributed by atoms with E-state index in [2.05, 4.69) is 23.1 Å². The molecule has 0 spiro atoms. The van der Waals surface area contributed by atoms with Gasteiger partial charge in [0.2, 0.25) is 0 Å². The topological polar surface area (TPSA) is 39.9 Å². The summed E-state index contributed by atoms with van der Waals surface area (Å²) in [7, 11) is 3.56. The Hall–Kier alpha value is -1.58. The molecule has 1 atom stereocenters. The Bertz CT molecular complexity index is 417. The van der Waals surface area contributed by atoms with Gasteiger partial charge in [-0.2, -0.15) is 5.10 Å². The summed E-state index contributed by atoms with van der Waals surface area (Å²) in [6.07, 6.45) is 6.88. The molecule has 0 saturated carbocycles. The van der Waals surface area contributed by atoms with E-state index in [1.165, 1.54) is 0 Å². The van der Waals surface area contributed by atoms with Crippen molar-refractivity contribution in [3.8, 4) is 0 Å². The maximum Gasteiger partial charge on any atom is 0.184 e. The number of rotatable bonds is 2. The first-order chi connectivity index (χ1) is 7.22. The maximum atomic E-state index is 5.42. The van der Waals surface area contributed by atoms with E-state index in [-0.39, 0.29) is 0 Å². The molecule has 1 unspecified atom stereocenters. The van der Waals surface area contributed by atoms with Gasteiger partial charge in [0, 0.05) is 13.0 Å². The predicted molar refractivity (Wildman–Crippen MR) is 57.9 cm³/mol. The van der Waals surface area contributed by atoms with E-state index in [1.54, 1.807) is 18.1 Å². The summed E-state index contributed by atoms with van der Waals surface area (Å²) in [5.74, 6) is 2.11. The van der Waals surface area contributed by atoms with Gasteiger partial charge in [0.25, 0.3) is 0 Å². The minimum Gasteiger partial charge on any atom is -0.500 e. The highest BCUT2D eigenvalue weighted by Gasteiger charge is 2.19. The predicted octanol–water partition coefficient (Wildman–Crippen LogP) is 1.77. The summed E-state index contributed by atoms with van der Waals surface area (Å²) in [4.78, 5) is 4.23. The normalized spacial score (nSPS) is 20.9. The van der Waals surface area contributed by atoms with Crippen LogP contribution in [0.2, 0.25) is 0 Å². The molecule has 4 heteroatoms. The first-order valence-corrected chi connectivity index (χ1v) is 5.03. The molecule has 0 N–H and O–H groups in total. The van der Waals surface area contributed by atoms with Crippen LogP contribution in [0.5, 0.6) is 0 Å². The molecular formula is C11H15N3O. The minimum atomic E-state index is 0.402. The lowest BCUT2D eigenvalue weighted by Crippen LogP contribution is -2.08. The molecule has 0 amide bonds. The highest BCUT2D eigenvalue weighted by atomic mass is 16.5. The highest BCUT2D eigenvalue weighted by Crippen LogP contribution is 2.29. The lowest BCUT2D eigenvalue weighted by Gasteiger charge is -2.19. The third-order valence-electron chi connectivity index (χ3n) is 2.55. The fourth-order valence-electron chi connectivity index (χ4n) is 1.80. The first-order valence-electron chi connectivity index (χ1n) is 5.03. The molecule has 1 aliphatic rings. The zero-order valence-corrected chi connectivity index (χ0v) is 9.27. The quantitative estimate of drug-likeness (QED) is 0.738. The van der Waals surface area contributed by atoms with E-state index >= 15 is 0 Å². The van der Waals surface area contributed by atoms with Gasteiger partial charge >= 0.3 is 0 Å². The summed E-state index contributed by atoms with van der Waals surface area (Å²) < 4.78 is 7.12. The van der Waals surface area contributed by atoms with E-state index in [4.69, 9.17) is 4.74 Å². The monoisotopic (exact) mass is 205 g/mol. The number of nitrogens with zero attached hydrogens (tertiary/aromatic N) is 3. The van der Waals surface area contributed by atoms with Crippen molar-refractivity contribution in [2.45, 2.75) is 13.3 Å². The lowest BCUT2D eigenvalue weighted by molar-refractivity contribution is 0.249. The smallest absolute Gasteiger partial charge is 0.184 e. The second-order valence-corrected chi connectivity index (χ2v) is 3.76. The minimum absolute atomic E-state index is 0.402. The van der Waals surface area contributed by atoms with Crippen LogP contribution in [-0.2, 0) is 11.8 Å². The molecule has 15 heavy (non-hydrogen) atoms. The number of hydrogen-bond donors (Lipinski definition) is 0. The van der Waals surface area contributed by atoms with E-state index in [0.29, 0.717) is 5.92 Å². The summed E-state index contributed by atoms with van der Waals surface area (Å²) in [6.45, 7) is 2.14. The number of allylic oxidation sites excluding steroid dienone is 4. The van der Waals surface area contributed by atoms with Gasteiger partial charge in [-0.15, -0.1) is 0 Å². The van der Waals surface area contributed by atoms with Crippen molar-refractivity contribution in [1.29, 1.82) is 0 Å². The van der Waals surface area contributed by atoms with Crippen LogP contribution < -0.4 is 0 Å². The number of aromatic nitrogens is 3. The van der Waals surface area contributed by atoms with Crippen LogP contribution in [0, 0.1) is 5.92 Å². The Labute approximate surface area is 89.3 Å². The zero-order chi connectivity index (χ0) is 10.8. The van der Waals surface area contributed by atoms with Gasteiger partial charge in [0.05, 0.1) is 12.7 Å². The van der Waals surface area contributed by atoms with Crippen molar-refractivity contribution >= 4 is 5.57 Å². The van der Waals surface area contributed by atoms with Gasteiger partial charge in [-0.25, -0.2) is 4.98 Å². The van der Waals surface area contributed by atoms with E-state index in [0.717, 1.165) is 23.6 Å². The second kappa shape index (κ2) is 3.88. The van der Waals surface area contributed by atoms with Crippen LogP contribution in [-0.4, -0.2) is 21.9 Å². The number of methoxy groups -OCH3 is 1. The molecule has 0 bridgehead atoms. The van der Waals surface area contributed by atoms with Crippen molar-refractivity contribution in [1.82, 2.24) is 14.8 Å². The molecule has 0 saturated heterocycles. The average molecular weight is 205 g/mol. The van der Waals surface area contributed by atoms with Gasteiger partial charge in [-0.05, 0) is 6.42 Å². The van der Waals surface area contributed by atoms with Crippen molar-refractivity contribution in [3.05, 3.63) is 30.1 Å². The van der Waals surface area contributed by atoms with Crippen LogP contribution in [0.15, 0.2) is 24.2 Å². The van der Waals surface area contributed by atoms with Crippen LogP contribution in [0.4, 0.5) is 0 Å². The summed E-state index contributed by atoms with van der Waals surface area (Å²) in [5, 5.41) is 4.28. The highest BCUT2D eigenvalue weighted by molar-refractivity contribution is 5.72. The lowest BCUT2D eigenvalue weighted by atomic mass is 9.95. The zero-order valence-electron chi connectivity index (χ0n) is 9.27. The fourth-order valence-corrected chi connectivity index (χ4v) is 1.80. The number of ether oxygens (including phenoxy) is 1. The number of aryl methyl sites for hydroxylation is 1. The third kappa shape index (κ3) is 1.79. The summed E-state index contributed by atoms with van der Waals surface area (Å²) >= 11 is 0. The first kappa shape index (κ1) is 9.96. The Morgan fingerprint density at radius 3 is 2.93 bits per heavy atom. The van der Waals surface area contributed by atoms with Crippen LogP contribution in [0.3, 0.4) is 0 Å². The van der Waals surface area contributed by atoms with Gasteiger partial charge in [0.15, 0.2) is 5.82 Å². The molecule has 0 radical (unpaired) electrons. The molecule has 1 aromatic heterocycles. The molecule has 2 rings (SSSR count). The second-order valence-electron chi connectivity index (χ2n) is 3.76. The van der Waals surface area contributed by atoms with Crippen LogP contribution >= 0.6 is 0 Å². The van der Waals surface area contributed by atoms with E-state index < -0.39 is 0 Å². The molecule has 4 nitrogen and oxygen atoms in total. The van der Waals surface area contributed by atoms with Crippen molar-refractivity contribution in [2.75, 3.05) is 7.11 Å². The largest absolute Gasteiger partial charge is 0.500 e. The molecule has 1 aromatic rings. The Balaban J connectivity index is 2.45. The average Bonchev–Trinajstić information content (AvgIpc) is 2.64. The standard InChI is InChI=1S/C11H15N3O/c1-8-5-4-6-9(10(8)15-3)11-12-7-14(2)13-11/h4,6-8H,5H2,1-3H3. The van der Waals surface area contributed by atoms with Crippen molar-refractivity contribution < 1.29 is 4.74 Å². The fraction of sp³-hybridized carbons (Fsp3) is 0.455. The van der Waals surface area contributed by atoms with Gasteiger partial charge in [-0.1, -0.05) is 19.1 Å². The van der Waals surface area contributed by atoms with Crippen LogP contribution in [0.25, 0.3) is 5.57 Å². The van der Waals surface area contributed by atoms with Crippen molar-refractivity contribution in [3.63, 3.8) is 0 Å². The van der Waals surface area contributed by atoms with Crippen molar-refractivity contribution in [2.24, 2.45) is 13.0 Å². The Morgan fingerprint density at radius 2 is 2.33 bits per heavy atom. The summed E-state index contributed by atoms with van der Waals surface area (Å²) in [5.41, 5.74) is 0.997.